The van der Waals surface area contributed by atoms with Crippen LogP contribution in [0.2, 0.25) is 0 Å². The SMILES string of the molecule is CC(O)CC1CCCN1C(=O)c1cccc([N+](=O)[O-])c1. The smallest absolute Gasteiger partial charge is 0.270 e. The maximum atomic E-state index is 12.4. The zero-order chi connectivity index (χ0) is 14.7. The van der Waals surface area contributed by atoms with Crippen LogP contribution in [0.5, 0.6) is 0 Å². The number of carbonyl (C=O) groups excluding carboxylic acids is 1. The molecule has 2 unspecified atom stereocenters. The van der Waals surface area contributed by atoms with Gasteiger partial charge in [-0.2, -0.15) is 0 Å². The Hall–Kier alpha value is -1.95. The molecule has 1 fully saturated rings. The third-order valence-corrected chi connectivity index (χ3v) is 3.56. The van der Waals surface area contributed by atoms with E-state index in [0.717, 1.165) is 12.8 Å². The molecule has 0 radical (unpaired) electrons. The van der Waals surface area contributed by atoms with Gasteiger partial charge in [-0.3, -0.25) is 14.9 Å². The van der Waals surface area contributed by atoms with Gasteiger partial charge in [-0.05, 0) is 32.3 Å². The average Bonchev–Trinajstić information content (AvgIpc) is 2.85. The standard InChI is InChI=1S/C14H18N2O4/c1-10(17)8-12-6-3-7-15(12)14(18)11-4-2-5-13(9-11)16(19)20/h2,4-5,9-10,12,17H,3,6-8H2,1H3. The summed E-state index contributed by atoms with van der Waals surface area (Å²) in [7, 11) is 0. The number of hydrogen-bond donors (Lipinski definition) is 1. The average molecular weight is 278 g/mol. The summed E-state index contributed by atoms with van der Waals surface area (Å²) in [5, 5.41) is 20.2. The predicted octanol–water partition coefficient (Wildman–Crippen LogP) is 1.97. The minimum atomic E-state index is -0.506. The molecule has 0 aromatic heterocycles. The summed E-state index contributed by atoms with van der Waals surface area (Å²) in [5.74, 6) is -0.197. The molecule has 2 atom stereocenters. The lowest BCUT2D eigenvalue weighted by atomic mass is 10.1. The molecule has 20 heavy (non-hydrogen) atoms. The molecular formula is C14H18N2O4. The van der Waals surface area contributed by atoms with Crippen LogP contribution in [0.4, 0.5) is 5.69 Å². The number of aliphatic hydroxyl groups excluding tert-OH is 1. The molecule has 6 heteroatoms. The normalized spacial score (nSPS) is 19.9. The number of nitrogens with zero attached hydrogens (tertiary/aromatic N) is 2. The van der Waals surface area contributed by atoms with Crippen molar-refractivity contribution in [3.8, 4) is 0 Å². The number of likely N-dealkylation sites (tertiary alicyclic amines) is 1. The van der Waals surface area contributed by atoms with E-state index in [1.165, 1.54) is 18.2 Å². The van der Waals surface area contributed by atoms with Gasteiger partial charge in [0.15, 0.2) is 0 Å². The molecule has 1 saturated heterocycles. The van der Waals surface area contributed by atoms with Crippen LogP contribution in [0.3, 0.4) is 0 Å². The third-order valence-electron chi connectivity index (χ3n) is 3.56. The van der Waals surface area contributed by atoms with E-state index in [1.54, 1.807) is 17.9 Å². The van der Waals surface area contributed by atoms with Gasteiger partial charge in [0, 0.05) is 30.3 Å². The number of rotatable bonds is 4. The zero-order valence-corrected chi connectivity index (χ0v) is 11.4. The van der Waals surface area contributed by atoms with Crippen molar-refractivity contribution >= 4 is 11.6 Å². The molecule has 1 aromatic carbocycles. The minimum Gasteiger partial charge on any atom is -0.393 e. The lowest BCUT2D eigenvalue weighted by molar-refractivity contribution is -0.384. The molecule has 0 spiro atoms. The molecule has 2 rings (SSSR count). The highest BCUT2D eigenvalue weighted by Crippen LogP contribution is 2.24. The monoisotopic (exact) mass is 278 g/mol. The summed E-state index contributed by atoms with van der Waals surface area (Å²) in [6.07, 6.45) is 1.85. The largest absolute Gasteiger partial charge is 0.393 e. The second kappa shape index (κ2) is 6.00. The van der Waals surface area contributed by atoms with Crippen LogP contribution in [-0.4, -0.2) is 39.5 Å². The Morgan fingerprint density at radius 2 is 2.35 bits per heavy atom. The van der Waals surface area contributed by atoms with Crippen molar-refractivity contribution in [2.24, 2.45) is 0 Å². The van der Waals surface area contributed by atoms with Crippen LogP contribution in [0, 0.1) is 10.1 Å². The molecule has 1 amide bonds. The van der Waals surface area contributed by atoms with Crippen molar-refractivity contribution in [1.82, 2.24) is 4.90 Å². The fourth-order valence-corrected chi connectivity index (χ4v) is 2.66. The van der Waals surface area contributed by atoms with Gasteiger partial charge >= 0.3 is 0 Å². The van der Waals surface area contributed by atoms with Crippen LogP contribution in [0.25, 0.3) is 0 Å². The van der Waals surface area contributed by atoms with E-state index in [2.05, 4.69) is 0 Å². The van der Waals surface area contributed by atoms with Gasteiger partial charge in [0.1, 0.15) is 0 Å². The number of non-ortho nitro benzene ring substituents is 1. The second-order valence-corrected chi connectivity index (χ2v) is 5.19. The Balaban J connectivity index is 2.18. The van der Waals surface area contributed by atoms with Crippen LogP contribution < -0.4 is 0 Å². The van der Waals surface area contributed by atoms with E-state index in [9.17, 15) is 20.0 Å². The molecule has 0 saturated carbocycles. The van der Waals surface area contributed by atoms with E-state index in [4.69, 9.17) is 0 Å². The molecule has 1 aliphatic heterocycles. The first-order chi connectivity index (χ1) is 9.49. The topological polar surface area (TPSA) is 83.7 Å². The van der Waals surface area contributed by atoms with Crippen LogP contribution in [-0.2, 0) is 0 Å². The quantitative estimate of drug-likeness (QED) is 0.674. The highest BCUT2D eigenvalue weighted by molar-refractivity contribution is 5.95. The summed E-state index contributed by atoms with van der Waals surface area (Å²) in [4.78, 5) is 24.4. The van der Waals surface area contributed by atoms with E-state index < -0.39 is 11.0 Å². The Bertz CT molecular complexity index is 516. The molecule has 1 aromatic rings. The van der Waals surface area contributed by atoms with Gasteiger partial charge in [0.25, 0.3) is 11.6 Å². The third kappa shape index (κ3) is 3.14. The van der Waals surface area contributed by atoms with E-state index in [1.807, 2.05) is 0 Å². The molecule has 0 bridgehead atoms. The van der Waals surface area contributed by atoms with Gasteiger partial charge < -0.3 is 10.0 Å². The van der Waals surface area contributed by atoms with E-state index in [-0.39, 0.29) is 17.6 Å². The highest BCUT2D eigenvalue weighted by Gasteiger charge is 2.30. The molecule has 1 heterocycles. The van der Waals surface area contributed by atoms with Gasteiger partial charge in [-0.15, -0.1) is 0 Å². The van der Waals surface area contributed by atoms with Gasteiger partial charge in [0.05, 0.1) is 11.0 Å². The fraction of sp³-hybridized carbons (Fsp3) is 0.500. The Kier molecular flexibility index (Phi) is 4.34. The first kappa shape index (κ1) is 14.5. The number of hydrogen-bond acceptors (Lipinski definition) is 4. The van der Waals surface area contributed by atoms with Gasteiger partial charge in [-0.25, -0.2) is 0 Å². The summed E-state index contributed by atoms with van der Waals surface area (Å²) in [5.41, 5.74) is 0.249. The van der Waals surface area contributed by atoms with Crippen LogP contribution in [0.15, 0.2) is 24.3 Å². The van der Waals surface area contributed by atoms with Crippen molar-refractivity contribution in [1.29, 1.82) is 0 Å². The summed E-state index contributed by atoms with van der Waals surface area (Å²) >= 11 is 0. The summed E-state index contributed by atoms with van der Waals surface area (Å²) in [6.45, 7) is 2.34. The zero-order valence-electron chi connectivity index (χ0n) is 11.4. The fourth-order valence-electron chi connectivity index (χ4n) is 2.66. The van der Waals surface area contributed by atoms with Gasteiger partial charge in [0.2, 0.25) is 0 Å². The second-order valence-electron chi connectivity index (χ2n) is 5.19. The number of nitro groups is 1. The molecule has 1 aliphatic rings. The molecule has 108 valence electrons. The van der Waals surface area contributed by atoms with Gasteiger partial charge in [-0.1, -0.05) is 6.07 Å². The number of aliphatic hydroxyl groups is 1. The van der Waals surface area contributed by atoms with Crippen molar-refractivity contribution in [2.75, 3.05) is 6.54 Å². The van der Waals surface area contributed by atoms with Crippen molar-refractivity contribution < 1.29 is 14.8 Å². The Labute approximate surface area is 117 Å². The summed E-state index contributed by atoms with van der Waals surface area (Å²) in [6, 6.07) is 5.80. The lowest BCUT2D eigenvalue weighted by Crippen LogP contribution is -2.37. The van der Waals surface area contributed by atoms with E-state index in [0.29, 0.717) is 18.5 Å². The number of amides is 1. The molecule has 1 N–H and O–H groups in total. The lowest BCUT2D eigenvalue weighted by Gasteiger charge is -2.25. The van der Waals surface area contributed by atoms with E-state index >= 15 is 0 Å². The van der Waals surface area contributed by atoms with Crippen molar-refractivity contribution in [3.63, 3.8) is 0 Å². The molecule has 0 aliphatic carbocycles. The number of carbonyl (C=O) groups is 1. The highest BCUT2D eigenvalue weighted by atomic mass is 16.6. The van der Waals surface area contributed by atoms with Crippen molar-refractivity contribution in [3.05, 3.63) is 39.9 Å². The molecular weight excluding hydrogens is 260 g/mol. The maximum Gasteiger partial charge on any atom is 0.270 e. The number of benzene rings is 1. The maximum absolute atomic E-state index is 12.4. The Morgan fingerprint density at radius 1 is 1.60 bits per heavy atom. The van der Waals surface area contributed by atoms with Crippen molar-refractivity contribution in [2.45, 2.75) is 38.3 Å². The van der Waals surface area contributed by atoms with Crippen LogP contribution in [0.1, 0.15) is 36.5 Å². The van der Waals surface area contributed by atoms with Crippen LogP contribution >= 0.6 is 0 Å². The summed E-state index contributed by atoms with van der Waals surface area (Å²) < 4.78 is 0. The first-order valence-electron chi connectivity index (χ1n) is 6.72. The Morgan fingerprint density at radius 3 is 3.00 bits per heavy atom. The minimum absolute atomic E-state index is 0.0155. The number of nitro benzene ring substituents is 1. The molecule has 6 nitrogen and oxygen atoms in total. The predicted molar refractivity (Wildman–Crippen MR) is 73.5 cm³/mol. The first-order valence-corrected chi connectivity index (χ1v) is 6.72.